The average molecular weight is 624 g/mol. The number of nitrogens with zero attached hydrogens (tertiary/aromatic N) is 2. The van der Waals surface area contributed by atoms with E-state index in [-0.39, 0.29) is 24.7 Å². The Morgan fingerprint density at radius 1 is 0.778 bits per heavy atom. The van der Waals surface area contributed by atoms with Gasteiger partial charge in [-0.3, -0.25) is 9.59 Å². The summed E-state index contributed by atoms with van der Waals surface area (Å²) in [7, 11) is 0. The van der Waals surface area contributed by atoms with Crippen LogP contribution in [0, 0.1) is 0 Å². The maximum absolute atomic E-state index is 12.1. The molecule has 0 aliphatic heterocycles. The van der Waals surface area contributed by atoms with Crippen molar-refractivity contribution in [3.8, 4) is 11.5 Å². The second-order valence-corrected chi connectivity index (χ2v) is 9.69. The molecule has 36 heavy (non-hydrogen) atoms. The summed E-state index contributed by atoms with van der Waals surface area (Å²) in [5.74, 6) is 0.609. The van der Waals surface area contributed by atoms with Gasteiger partial charge in [0, 0.05) is 32.9 Å². The van der Waals surface area contributed by atoms with Crippen LogP contribution in [0.25, 0.3) is 0 Å². The Bertz CT molecular complexity index is 977. The van der Waals surface area contributed by atoms with Crippen molar-refractivity contribution in [1.29, 1.82) is 0 Å². The smallest absolute Gasteiger partial charge is 0.240 e. The van der Waals surface area contributed by atoms with Gasteiger partial charge in [-0.15, -0.1) is 0 Å². The number of carbonyl (C=O) groups is 2. The summed E-state index contributed by atoms with van der Waals surface area (Å²) in [5, 5.41) is 7.99. The number of carbonyl (C=O) groups excluding carboxylic acids is 2. The summed E-state index contributed by atoms with van der Waals surface area (Å²) in [6.07, 6.45) is 6.96. The van der Waals surface area contributed by atoms with Crippen molar-refractivity contribution in [2.24, 2.45) is 10.2 Å². The summed E-state index contributed by atoms with van der Waals surface area (Å²) >= 11 is 6.85. The highest BCUT2D eigenvalue weighted by Gasteiger charge is 2.07. The van der Waals surface area contributed by atoms with Crippen molar-refractivity contribution < 1.29 is 19.1 Å². The van der Waals surface area contributed by atoms with E-state index in [0.29, 0.717) is 24.7 Å². The van der Waals surface area contributed by atoms with E-state index in [9.17, 15) is 9.59 Å². The molecule has 0 bridgehead atoms. The van der Waals surface area contributed by atoms with Crippen LogP contribution in [0.5, 0.6) is 11.5 Å². The molecule has 0 aliphatic rings. The molecule has 0 saturated carbocycles. The van der Waals surface area contributed by atoms with Gasteiger partial charge in [0.25, 0.3) is 0 Å². The standard InChI is InChI=1S/C26H32Br2N4O4/c1-3-5-13-35-23-9-7-21(27)15-19(23)17-29-31-25(33)11-12-26(34)32-30-18-20-16-22(28)8-10-24(20)36-14-6-4-2/h7-10,15-18H,3-6,11-14H2,1-2H3,(H,31,33)(H,32,34)/b29-17-,30-18-. The van der Waals surface area contributed by atoms with E-state index in [1.165, 1.54) is 12.4 Å². The molecule has 2 rings (SSSR count). The van der Waals surface area contributed by atoms with E-state index in [4.69, 9.17) is 9.47 Å². The molecule has 10 heteroatoms. The van der Waals surface area contributed by atoms with Gasteiger partial charge in [0.1, 0.15) is 11.5 Å². The van der Waals surface area contributed by atoms with Crippen LogP contribution in [0.4, 0.5) is 0 Å². The van der Waals surface area contributed by atoms with E-state index in [2.05, 4.69) is 66.8 Å². The third-order valence-corrected chi connectivity index (χ3v) is 5.81. The first-order chi connectivity index (χ1) is 17.4. The minimum atomic E-state index is -0.382. The molecule has 0 saturated heterocycles. The highest BCUT2D eigenvalue weighted by Crippen LogP contribution is 2.23. The topological polar surface area (TPSA) is 101 Å². The predicted molar refractivity (Wildman–Crippen MR) is 150 cm³/mol. The van der Waals surface area contributed by atoms with Crippen LogP contribution in [-0.2, 0) is 9.59 Å². The number of hydrazone groups is 2. The Morgan fingerprint density at radius 2 is 1.19 bits per heavy atom. The summed E-state index contributed by atoms with van der Waals surface area (Å²) in [4.78, 5) is 24.2. The second-order valence-electron chi connectivity index (χ2n) is 7.85. The molecular weight excluding hydrogens is 592 g/mol. The zero-order valence-corrected chi connectivity index (χ0v) is 23.7. The van der Waals surface area contributed by atoms with Gasteiger partial charge in [0.2, 0.25) is 11.8 Å². The molecule has 2 N–H and O–H groups in total. The molecule has 0 spiro atoms. The minimum absolute atomic E-state index is 0.0285. The maximum atomic E-state index is 12.1. The normalized spacial score (nSPS) is 11.1. The Hall–Kier alpha value is -2.72. The monoisotopic (exact) mass is 622 g/mol. The van der Waals surface area contributed by atoms with Gasteiger partial charge >= 0.3 is 0 Å². The lowest BCUT2D eigenvalue weighted by atomic mass is 10.2. The summed E-state index contributed by atoms with van der Waals surface area (Å²) in [6.45, 7) is 5.41. The number of rotatable bonds is 15. The SMILES string of the molecule is CCCCOc1ccc(Br)cc1/C=N\NC(=O)CCC(=O)N/N=C\c1cc(Br)ccc1OCCCC. The lowest BCUT2D eigenvalue weighted by molar-refractivity contribution is -0.126. The van der Waals surface area contributed by atoms with E-state index < -0.39 is 0 Å². The Balaban J connectivity index is 1.81. The van der Waals surface area contributed by atoms with Crippen molar-refractivity contribution in [3.05, 3.63) is 56.5 Å². The van der Waals surface area contributed by atoms with Crippen molar-refractivity contribution in [1.82, 2.24) is 10.9 Å². The van der Waals surface area contributed by atoms with Gasteiger partial charge in [0.15, 0.2) is 0 Å². The maximum Gasteiger partial charge on any atom is 0.240 e. The molecule has 194 valence electrons. The van der Waals surface area contributed by atoms with Crippen molar-refractivity contribution in [2.45, 2.75) is 52.4 Å². The Kier molecular flexibility index (Phi) is 13.8. The number of amides is 2. The number of halogens is 2. The highest BCUT2D eigenvalue weighted by molar-refractivity contribution is 9.10. The molecule has 0 atom stereocenters. The van der Waals surface area contributed by atoms with E-state index in [1.54, 1.807) is 0 Å². The largest absolute Gasteiger partial charge is 0.493 e. The summed E-state index contributed by atoms with van der Waals surface area (Å²) < 4.78 is 13.3. The predicted octanol–water partition coefficient (Wildman–Crippen LogP) is 5.95. The number of hydrogen-bond donors (Lipinski definition) is 2. The van der Waals surface area contributed by atoms with E-state index >= 15 is 0 Å². The fourth-order valence-corrected chi connectivity index (χ4v) is 3.60. The molecule has 8 nitrogen and oxygen atoms in total. The van der Waals surface area contributed by atoms with E-state index in [0.717, 1.165) is 45.8 Å². The molecule has 2 aromatic rings. The van der Waals surface area contributed by atoms with Gasteiger partial charge in [-0.1, -0.05) is 58.5 Å². The summed E-state index contributed by atoms with van der Waals surface area (Å²) in [5.41, 5.74) is 6.35. The molecule has 0 aromatic heterocycles. The van der Waals surface area contributed by atoms with Crippen LogP contribution in [0.3, 0.4) is 0 Å². The molecule has 0 radical (unpaired) electrons. The van der Waals surface area contributed by atoms with Gasteiger partial charge in [-0.2, -0.15) is 10.2 Å². The van der Waals surface area contributed by atoms with Gasteiger partial charge in [0.05, 0.1) is 25.6 Å². The zero-order valence-electron chi connectivity index (χ0n) is 20.6. The van der Waals surface area contributed by atoms with E-state index in [1.807, 2.05) is 36.4 Å². The first-order valence-electron chi connectivity index (χ1n) is 11.9. The van der Waals surface area contributed by atoms with Crippen LogP contribution < -0.4 is 20.3 Å². The highest BCUT2D eigenvalue weighted by atomic mass is 79.9. The van der Waals surface area contributed by atoms with Crippen LogP contribution in [0.2, 0.25) is 0 Å². The lowest BCUT2D eigenvalue weighted by Gasteiger charge is -2.09. The Labute approximate surface area is 229 Å². The number of nitrogens with one attached hydrogen (secondary N) is 2. The molecule has 2 amide bonds. The van der Waals surface area contributed by atoms with Gasteiger partial charge in [-0.25, -0.2) is 10.9 Å². The Morgan fingerprint density at radius 3 is 1.58 bits per heavy atom. The molecule has 0 unspecified atom stereocenters. The molecule has 2 aromatic carbocycles. The van der Waals surface area contributed by atoms with Crippen LogP contribution in [0.1, 0.15) is 63.5 Å². The third kappa shape index (κ3) is 11.3. The third-order valence-electron chi connectivity index (χ3n) is 4.82. The van der Waals surface area contributed by atoms with Crippen LogP contribution in [-0.4, -0.2) is 37.5 Å². The van der Waals surface area contributed by atoms with Crippen LogP contribution in [0.15, 0.2) is 55.5 Å². The first kappa shape index (κ1) is 29.5. The average Bonchev–Trinajstić information content (AvgIpc) is 2.85. The lowest BCUT2D eigenvalue weighted by Crippen LogP contribution is -2.23. The summed E-state index contributed by atoms with van der Waals surface area (Å²) in [6, 6.07) is 11.2. The molecule has 0 heterocycles. The fraction of sp³-hybridized carbons (Fsp3) is 0.385. The van der Waals surface area contributed by atoms with Gasteiger partial charge < -0.3 is 9.47 Å². The fourth-order valence-electron chi connectivity index (χ4n) is 2.84. The second kappa shape index (κ2) is 16.9. The van der Waals surface area contributed by atoms with Gasteiger partial charge in [-0.05, 0) is 49.2 Å². The molecular formula is C26H32Br2N4O4. The van der Waals surface area contributed by atoms with Crippen molar-refractivity contribution >= 4 is 56.1 Å². The number of ether oxygens (including phenoxy) is 2. The molecule has 0 fully saturated rings. The first-order valence-corrected chi connectivity index (χ1v) is 13.5. The van der Waals surface area contributed by atoms with Crippen molar-refractivity contribution in [3.63, 3.8) is 0 Å². The quantitative estimate of drug-likeness (QED) is 0.145. The zero-order chi connectivity index (χ0) is 26.2. The molecule has 0 aliphatic carbocycles. The number of unbranched alkanes of at least 4 members (excludes halogenated alkanes) is 2. The number of benzene rings is 2. The minimum Gasteiger partial charge on any atom is -0.493 e. The van der Waals surface area contributed by atoms with Crippen LogP contribution >= 0.6 is 31.9 Å². The van der Waals surface area contributed by atoms with Crippen molar-refractivity contribution in [2.75, 3.05) is 13.2 Å². The number of hydrogen-bond acceptors (Lipinski definition) is 6.